The largest absolute Gasteiger partial charge is 0.298 e. The van der Waals surface area contributed by atoms with Gasteiger partial charge in [0.1, 0.15) is 0 Å². The number of halogens is 2. The standard InChI is InChI=1S/C24H15F2N3OS2/c25-23(26)31-15-10-11-19-21(12-15)32-24(28-19)29-22(30)17-13-20(14-6-2-1-3-7-14)27-18-9-5-4-8-16(17)18/h1-13,23H,(H,28,29,30). The third kappa shape index (κ3) is 4.19. The molecule has 2 heterocycles. The highest BCUT2D eigenvalue weighted by molar-refractivity contribution is 7.99. The molecule has 0 aliphatic heterocycles. The highest BCUT2D eigenvalue weighted by atomic mass is 32.2. The molecule has 3 aromatic carbocycles. The lowest BCUT2D eigenvalue weighted by Crippen LogP contribution is -2.13. The van der Waals surface area contributed by atoms with Crippen molar-refractivity contribution in [1.29, 1.82) is 0 Å². The highest BCUT2D eigenvalue weighted by Crippen LogP contribution is 2.33. The van der Waals surface area contributed by atoms with Gasteiger partial charge in [0.05, 0.1) is 27.0 Å². The molecule has 1 N–H and O–H groups in total. The molecular weight excluding hydrogens is 448 g/mol. The maximum absolute atomic E-state index is 13.2. The number of anilines is 1. The Morgan fingerprint density at radius 3 is 2.50 bits per heavy atom. The average molecular weight is 464 g/mol. The average Bonchev–Trinajstić information content (AvgIpc) is 3.20. The summed E-state index contributed by atoms with van der Waals surface area (Å²) >= 11 is 1.74. The van der Waals surface area contributed by atoms with Crippen molar-refractivity contribution in [1.82, 2.24) is 9.97 Å². The highest BCUT2D eigenvalue weighted by Gasteiger charge is 2.16. The van der Waals surface area contributed by atoms with Gasteiger partial charge in [-0.25, -0.2) is 9.97 Å². The number of nitrogens with one attached hydrogen (secondary N) is 1. The van der Waals surface area contributed by atoms with Gasteiger partial charge in [-0.3, -0.25) is 10.1 Å². The zero-order valence-corrected chi connectivity index (χ0v) is 18.1. The number of hydrogen-bond acceptors (Lipinski definition) is 5. The van der Waals surface area contributed by atoms with E-state index in [9.17, 15) is 13.6 Å². The van der Waals surface area contributed by atoms with E-state index in [4.69, 9.17) is 4.98 Å². The van der Waals surface area contributed by atoms with Gasteiger partial charge in [0.25, 0.3) is 11.7 Å². The molecule has 8 heteroatoms. The van der Waals surface area contributed by atoms with Crippen molar-refractivity contribution in [3.05, 3.63) is 84.4 Å². The monoisotopic (exact) mass is 463 g/mol. The third-order valence-corrected chi connectivity index (χ3v) is 6.47. The number of aromatic nitrogens is 2. The molecule has 4 nitrogen and oxygen atoms in total. The number of nitrogens with zero attached hydrogens (tertiary/aromatic N) is 2. The van der Waals surface area contributed by atoms with Crippen LogP contribution in [-0.4, -0.2) is 21.6 Å². The summed E-state index contributed by atoms with van der Waals surface area (Å²) in [6.07, 6.45) is 0. The van der Waals surface area contributed by atoms with E-state index in [1.807, 2.05) is 54.6 Å². The molecule has 0 atom stereocenters. The van der Waals surface area contributed by atoms with Crippen molar-refractivity contribution in [2.24, 2.45) is 0 Å². The van der Waals surface area contributed by atoms with Crippen LogP contribution in [0.25, 0.3) is 32.4 Å². The van der Waals surface area contributed by atoms with Crippen molar-refractivity contribution in [3.8, 4) is 11.3 Å². The fourth-order valence-electron chi connectivity index (χ4n) is 3.42. The molecule has 5 aromatic rings. The molecule has 0 aliphatic rings. The van der Waals surface area contributed by atoms with Gasteiger partial charge in [-0.2, -0.15) is 8.78 Å². The first-order valence-corrected chi connectivity index (χ1v) is 11.4. The van der Waals surface area contributed by atoms with E-state index >= 15 is 0 Å². The van der Waals surface area contributed by atoms with Crippen LogP contribution < -0.4 is 5.32 Å². The van der Waals surface area contributed by atoms with Crippen LogP contribution in [0, 0.1) is 0 Å². The fraction of sp³-hybridized carbons (Fsp3) is 0.0417. The van der Waals surface area contributed by atoms with Gasteiger partial charge in [0.15, 0.2) is 5.13 Å². The molecule has 0 fully saturated rings. The number of para-hydroxylation sites is 1. The minimum absolute atomic E-state index is 0.304. The van der Waals surface area contributed by atoms with E-state index in [2.05, 4.69) is 10.3 Å². The van der Waals surface area contributed by atoms with E-state index in [1.54, 1.807) is 24.3 Å². The maximum Gasteiger partial charge on any atom is 0.288 e. The number of alkyl halides is 2. The number of pyridine rings is 1. The van der Waals surface area contributed by atoms with Crippen LogP contribution in [0.5, 0.6) is 0 Å². The fourth-order valence-corrected chi connectivity index (χ4v) is 4.93. The van der Waals surface area contributed by atoms with E-state index in [0.717, 1.165) is 21.2 Å². The van der Waals surface area contributed by atoms with Crippen LogP contribution in [0.15, 0.2) is 83.8 Å². The Kier molecular flexibility index (Phi) is 5.55. The minimum Gasteiger partial charge on any atom is -0.298 e. The van der Waals surface area contributed by atoms with Crippen LogP contribution in [0.4, 0.5) is 13.9 Å². The summed E-state index contributed by atoms with van der Waals surface area (Å²) in [6.45, 7) is 0. The number of rotatable bonds is 5. The van der Waals surface area contributed by atoms with Crippen molar-refractivity contribution in [3.63, 3.8) is 0 Å². The van der Waals surface area contributed by atoms with Crippen LogP contribution in [-0.2, 0) is 0 Å². The lowest BCUT2D eigenvalue weighted by Gasteiger charge is -2.09. The summed E-state index contributed by atoms with van der Waals surface area (Å²) in [5, 5.41) is 4.01. The summed E-state index contributed by atoms with van der Waals surface area (Å²) in [6, 6.07) is 23.9. The smallest absolute Gasteiger partial charge is 0.288 e. The number of hydrogen-bond donors (Lipinski definition) is 1. The lowest BCUT2D eigenvalue weighted by atomic mass is 10.0. The van der Waals surface area contributed by atoms with Crippen LogP contribution >= 0.6 is 23.1 Å². The van der Waals surface area contributed by atoms with E-state index < -0.39 is 5.76 Å². The first kappa shape index (κ1) is 20.5. The van der Waals surface area contributed by atoms with Crippen molar-refractivity contribution in [2.45, 2.75) is 10.7 Å². The molecule has 0 bridgehead atoms. The number of amides is 1. The van der Waals surface area contributed by atoms with Gasteiger partial charge in [0.2, 0.25) is 0 Å². The number of thiazole rings is 1. The summed E-state index contributed by atoms with van der Waals surface area (Å²) in [7, 11) is 0. The molecule has 1 amide bonds. The van der Waals surface area contributed by atoms with Gasteiger partial charge < -0.3 is 0 Å². The molecule has 2 aromatic heterocycles. The Bertz CT molecular complexity index is 1440. The third-order valence-electron chi connectivity index (χ3n) is 4.84. The molecule has 0 saturated carbocycles. The zero-order valence-electron chi connectivity index (χ0n) is 16.5. The molecule has 32 heavy (non-hydrogen) atoms. The summed E-state index contributed by atoms with van der Waals surface area (Å²) in [4.78, 5) is 22.8. The number of carbonyl (C=O) groups is 1. The van der Waals surface area contributed by atoms with Crippen LogP contribution in [0.2, 0.25) is 0 Å². The molecule has 0 saturated heterocycles. The predicted octanol–water partition coefficient (Wildman–Crippen LogP) is 7.08. The molecule has 0 spiro atoms. The Morgan fingerprint density at radius 1 is 0.906 bits per heavy atom. The Labute approximate surface area is 190 Å². The Hall–Kier alpha value is -3.36. The first-order valence-electron chi connectivity index (χ1n) is 9.69. The second-order valence-corrected chi connectivity index (χ2v) is 9.01. The van der Waals surface area contributed by atoms with Gasteiger partial charge in [-0.05, 0) is 30.3 Å². The van der Waals surface area contributed by atoms with E-state index in [-0.39, 0.29) is 5.91 Å². The number of carbonyl (C=O) groups excluding carboxylic acids is 1. The maximum atomic E-state index is 13.2. The van der Waals surface area contributed by atoms with Crippen LogP contribution in [0.1, 0.15) is 10.4 Å². The SMILES string of the molecule is O=C(Nc1nc2ccc(SC(F)F)cc2s1)c1cc(-c2ccccc2)nc2ccccc12. The van der Waals surface area contributed by atoms with E-state index in [1.165, 1.54) is 11.3 Å². The molecule has 0 radical (unpaired) electrons. The van der Waals surface area contributed by atoms with Gasteiger partial charge >= 0.3 is 0 Å². The second kappa shape index (κ2) is 8.64. The molecular formula is C24H15F2N3OS2. The molecule has 158 valence electrons. The van der Waals surface area contributed by atoms with Gasteiger partial charge in [-0.15, -0.1) is 0 Å². The van der Waals surface area contributed by atoms with Crippen molar-refractivity contribution < 1.29 is 13.6 Å². The first-order chi connectivity index (χ1) is 15.6. The summed E-state index contributed by atoms with van der Waals surface area (Å²) in [5.74, 6) is -2.79. The number of thioether (sulfide) groups is 1. The topological polar surface area (TPSA) is 54.9 Å². The zero-order chi connectivity index (χ0) is 22.1. The van der Waals surface area contributed by atoms with Crippen molar-refractivity contribution >= 4 is 55.3 Å². The van der Waals surface area contributed by atoms with Gasteiger partial charge in [-0.1, -0.05) is 71.6 Å². The lowest BCUT2D eigenvalue weighted by molar-refractivity contribution is 0.102. The van der Waals surface area contributed by atoms with Crippen LogP contribution in [0.3, 0.4) is 0 Å². The normalized spacial score (nSPS) is 11.3. The second-order valence-electron chi connectivity index (χ2n) is 6.92. The summed E-state index contributed by atoms with van der Waals surface area (Å²) in [5.41, 5.74) is 3.47. The minimum atomic E-state index is -2.49. The van der Waals surface area contributed by atoms with Crippen molar-refractivity contribution in [2.75, 3.05) is 5.32 Å². The molecule has 0 unspecified atom stereocenters. The number of fused-ring (bicyclic) bond motifs is 2. The molecule has 0 aliphatic carbocycles. The van der Waals surface area contributed by atoms with E-state index in [0.29, 0.717) is 38.6 Å². The molecule has 5 rings (SSSR count). The summed E-state index contributed by atoms with van der Waals surface area (Å²) < 4.78 is 26.0. The van der Waals surface area contributed by atoms with Gasteiger partial charge in [0, 0.05) is 15.8 Å². The Morgan fingerprint density at radius 2 is 1.69 bits per heavy atom. The Balaban J connectivity index is 1.51. The quantitative estimate of drug-likeness (QED) is 0.283. The number of benzene rings is 3. The predicted molar refractivity (Wildman–Crippen MR) is 127 cm³/mol.